The molecule has 4 rings (SSSR count). The molecule has 2 N–H and O–H groups in total. The molecule has 3 heterocycles. The first kappa shape index (κ1) is 15.3. The maximum Gasteiger partial charge on any atom is 0.225 e. The van der Waals surface area contributed by atoms with Gasteiger partial charge in [0.1, 0.15) is 11.5 Å². The highest BCUT2D eigenvalue weighted by molar-refractivity contribution is 5.76. The van der Waals surface area contributed by atoms with Crippen molar-refractivity contribution in [3.8, 4) is 11.3 Å². The molecule has 1 saturated heterocycles. The Bertz CT molecular complexity index is 831. The van der Waals surface area contributed by atoms with Crippen LogP contribution in [0.4, 0.5) is 17.5 Å². The van der Waals surface area contributed by atoms with E-state index in [0.717, 1.165) is 49.1 Å². The van der Waals surface area contributed by atoms with Crippen LogP contribution in [-0.4, -0.2) is 46.3 Å². The Labute approximate surface area is 146 Å². The van der Waals surface area contributed by atoms with Crippen LogP contribution >= 0.6 is 0 Å². The maximum absolute atomic E-state index is 5.90. The van der Waals surface area contributed by atoms with Crippen LogP contribution in [0.5, 0.6) is 0 Å². The molecule has 7 heteroatoms. The number of nitrogens with zero attached hydrogens (tertiary/aromatic N) is 6. The second kappa shape index (κ2) is 6.72. The van der Waals surface area contributed by atoms with E-state index in [9.17, 15) is 0 Å². The lowest BCUT2D eigenvalue weighted by Gasteiger charge is -2.36. The van der Waals surface area contributed by atoms with Gasteiger partial charge in [-0.25, -0.2) is 9.97 Å². The largest absolute Gasteiger partial charge is 0.382 e. The number of rotatable bonds is 3. The molecule has 0 amide bonds. The van der Waals surface area contributed by atoms with Crippen LogP contribution in [0.15, 0.2) is 54.9 Å². The number of benzene rings is 1. The summed E-state index contributed by atoms with van der Waals surface area (Å²) in [6, 6.07) is 13.8. The second-order valence-corrected chi connectivity index (χ2v) is 5.89. The number of nitrogens with two attached hydrogens (primary N) is 1. The second-order valence-electron chi connectivity index (χ2n) is 5.89. The maximum atomic E-state index is 5.90. The summed E-state index contributed by atoms with van der Waals surface area (Å²) in [5.41, 5.74) is 8.82. The highest BCUT2D eigenvalue weighted by Gasteiger charge is 2.22. The van der Waals surface area contributed by atoms with Gasteiger partial charge in [-0.1, -0.05) is 30.3 Å². The quantitative estimate of drug-likeness (QED) is 0.783. The molecule has 3 aromatic rings. The lowest BCUT2D eigenvalue weighted by atomic mass is 10.1. The van der Waals surface area contributed by atoms with E-state index < -0.39 is 0 Å². The van der Waals surface area contributed by atoms with Crippen LogP contribution in [0, 0.1) is 0 Å². The zero-order valence-electron chi connectivity index (χ0n) is 13.8. The lowest BCUT2D eigenvalue weighted by Crippen LogP contribution is -2.47. The van der Waals surface area contributed by atoms with Gasteiger partial charge in [0.25, 0.3) is 0 Å². The van der Waals surface area contributed by atoms with E-state index >= 15 is 0 Å². The summed E-state index contributed by atoms with van der Waals surface area (Å²) in [7, 11) is 0. The van der Waals surface area contributed by atoms with Gasteiger partial charge in [0, 0.05) is 50.2 Å². The Morgan fingerprint density at radius 3 is 2.20 bits per heavy atom. The Hall–Kier alpha value is -3.22. The molecule has 0 unspecified atom stereocenters. The summed E-state index contributed by atoms with van der Waals surface area (Å²) in [6.07, 6.45) is 3.55. The zero-order valence-corrected chi connectivity index (χ0v) is 13.8. The Morgan fingerprint density at radius 1 is 0.800 bits per heavy atom. The van der Waals surface area contributed by atoms with Gasteiger partial charge in [-0.2, -0.15) is 0 Å². The van der Waals surface area contributed by atoms with Crippen molar-refractivity contribution >= 4 is 17.5 Å². The summed E-state index contributed by atoms with van der Waals surface area (Å²) in [4.78, 5) is 13.2. The molecular formula is C18H19N7. The fourth-order valence-corrected chi connectivity index (χ4v) is 3.04. The molecule has 7 nitrogen and oxygen atoms in total. The Kier molecular flexibility index (Phi) is 4.12. The van der Waals surface area contributed by atoms with Crippen LogP contribution < -0.4 is 15.5 Å². The van der Waals surface area contributed by atoms with Crippen LogP contribution in [0.2, 0.25) is 0 Å². The molecule has 25 heavy (non-hydrogen) atoms. The smallest absolute Gasteiger partial charge is 0.225 e. The van der Waals surface area contributed by atoms with Crippen LogP contribution in [0.1, 0.15) is 0 Å². The minimum atomic E-state index is 0.434. The summed E-state index contributed by atoms with van der Waals surface area (Å²) < 4.78 is 0. The van der Waals surface area contributed by atoms with Gasteiger partial charge in [-0.15, -0.1) is 10.2 Å². The molecule has 126 valence electrons. The lowest BCUT2D eigenvalue weighted by molar-refractivity contribution is 0.639. The molecule has 0 aliphatic carbocycles. The molecular weight excluding hydrogens is 314 g/mol. The third kappa shape index (κ3) is 3.21. The van der Waals surface area contributed by atoms with Crippen molar-refractivity contribution in [2.75, 3.05) is 41.7 Å². The van der Waals surface area contributed by atoms with Gasteiger partial charge in [0.05, 0.1) is 5.69 Å². The molecule has 1 aliphatic heterocycles. The molecule has 0 saturated carbocycles. The highest BCUT2D eigenvalue weighted by atomic mass is 15.3. The molecule has 2 aromatic heterocycles. The van der Waals surface area contributed by atoms with Crippen LogP contribution in [0.3, 0.4) is 0 Å². The van der Waals surface area contributed by atoms with Crippen molar-refractivity contribution in [1.82, 2.24) is 20.2 Å². The number of piperazine rings is 1. The standard InChI is InChI=1S/C18H19N7/c19-16-13-15(17(23-22-16)14-5-2-1-3-6-14)24-9-11-25(12-10-24)18-20-7-4-8-21-18/h1-8,13H,9-12H2,(H2,19,22). The predicted octanol–water partition coefficient (Wildman–Crippen LogP) is 1.84. The van der Waals surface area contributed by atoms with E-state index in [-0.39, 0.29) is 0 Å². The molecule has 1 aliphatic rings. The number of aromatic nitrogens is 4. The van der Waals surface area contributed by atoms with Gasteiger partial charge in [0.15, 0.2) is 0 Å². The highest BCUT2D eigenvalue weighted by Crippen LogP contribution is 2.30. The normalized spacial score (nSPS) is 14.6. The Morgan fingerprint density at radius 2 is 1.48 bits per heavy atom. The zero-order chi connectivity index (χ0) is 17.1. The van der Waals surface area contributed by atoms with Crippen molar-refractivity contribution in [2.45, 2.75) is 0 Å². The topological polar surface area (TPSA) is 84.1 Å². The fraction of sp³-hybridized carbons (Fsp3) is 0.222. The van der Waals surface area contributed by atoms with Gasteiger partial charge in [-0.3, -0.25) is 0 Å². The van der Waals surface area contributed by atoms with E-state index in [1.54, 1.807) is 12.4 Å². The first-order chi connectivity index (χ1) is 12.3. The molecule has 1 fully saturated rings. The summed E-state index contributed by atoms with van der Waals surface area (Å²) >= 11 is 0. The number of nitrogen functional groups attached to an aromatic ring is 1. The molecule has 0 atom stereocenters. The van der Waals surface area contributed by atoms with E-state index in [0.29, 0.717) is 5.82 Å². The first-order valence-corrected chi connectivity index (χ1v) is 8.27. The minimum absolute atomic E-state index is 0.434. The third-order valence-corrected chi connectivity index (χ3v) is 4.30. The van der Waals surface area contributed by atoms with Crippen molar-refractivity contribution in [2.24, 2.45) is 0 Å². The summed E-state index contributed by atoms with van der Waals surface area (Å²) in [6.45, 7) is 3.40. The van der Waals surface area contributed by atoms with Gasteiger partial charge >= 0.3 is 0 Å². The SMILES string of the molecule is Nc1cc(N2CCN(c3ncccn3)CC2)c(-c2ccccc2)nn1. The van der Waals surface area contributed by atoms with Crippen molar-refractivity contribution in [3.05, 3.63) is 54.9 Å². The van der Waals surface area contributed by atoms with E-state index in [1.807, 2.05) is 42.5 Å². The van der Waals surface area contributed by atoms with E-state index in [1.165, 1.54) is 0 Å². The molecule has 1 aromatic carbocycles. The average Bonchev–Trinajstić information content (AvgIpc) is 2.69. The van der Waals surface area contributed by atoms with E-state index in [2.05, 4.69) is 30.0 Å². The van der Waals surface area contributed by atoms with Crippen molar-refractivity contribution in [3.63, 3.8) is 0 Å². The van der Waals surface area contributed by atoms with Crippen molar-refractivity contribution < 1.29 is 0 Å². The molecule has 0 radical (unpaired) electrons. The average molecular weight is 333 g/mol. The number of hydrogen-bond donors (Lipinski definition) is 1. The first-order valence-electron chi connectivity index (χ1n) is 8.27. The van der Waals surface area contributed by atoms with Gasteiger partial charge in [0.2, 0.25) is 5.95 Å². The summed E-state index contributed by atoms with van der Waals surface area (Å²) in [5.74, 6) is 1.21. The molecule has 0 spiro atoms. The Balaban J connectivity index is 1.58. The number of hydrogen-bond acceptors (Lipinski definition) is 7. The van der Waals surface area contributed by atoms with E-state index in [4.69, 9.17) is 5.73 Å². The minimum Gasteiger partial charge on any atom is -0.382 e. The van der Waals surface area contributed by atoms with Gasteiger partial charge < -0.3 is 15.5 Å². The fourth-order valence-electron chi connectivity index (χ4n) is 3.04. The third-order valence-electron chi connectivity index (χ3n) is 4.30. The monoisotopic (exact) mass is 333 g/mol. The molecule has 0 bridgehead atoms. The van der Waals surface area contributed by atoms with Crippen LogP contribution in [0.25, 0.3) is 11.3 Å². The van der Waals surface area contributed by atoms with Gasteiger partial charge in [-0.05, 0) is 6.07 Å². The number of anilines is 3. The van der Waals surface area contributed by atoms with Crippen LogP contribution in [-0.2, 0) is 0 Å². The predicted molar refractivity (Wildman–Crippen MR) is 98.3 cm³/mol. The summed E-state index contributed by atoms with van der Waals surface area (Å²) in [5, 5.41) is 8.39. The van der Waals surface area contributed by atoms with Crippen molar-refractivity contribution in [1.29, 1.82) is 0 Å².